The summed E-state index contributed by atoms with van der Waals surface area (Å²) in [6, 6.07) is 1.92. The summed E-state index contributed by atoms with van der Waals surface area (Å²) in [6.45, 7) is 2.88. The highest BCUT2D eigenvalue weighted by atomic mass is 15.3. The SMILES string of the molecule is C/C=C/Cn1cccn1. The van der Waals surface area contributed by atoms with Crippen molar-refractivity contribution in [1.29, 1.82) is 0 Å². The maximum atomic E-state index is 4.02. The number of hydrogen-bond acceptors (Lipinski definition) is 1. The van der Waals surface area contributed by atoms with Gasteiger partial charge in [0, 0.05) is 12.4 Å². The van der Waals surface area contributed by atoms with Gasteiger partial charge in [-0.15, -0.1) is 0 Å². The first-order chi connectivity index (χ1) is 4.43. The maximum Gasteiger partial charge on any atom is 0.0589 e. The molecule has 0 bridgehead atoms. The Balaban J connectivity index is 2.48. The summed E-state index contributed by atoms with van der Waals surface area (Å²) >= 11 is 0. The molecule has 2 heteroatoms. The first-order valence-electron chi connectivity index (χ1n) is 3.02. The first kappa shape index (κ1) is 6.08. The molecule has 0 N–H and O–H groups in total. The number of rotatable bonds is 2. The van der Waals surface area contributed by atoms with Crippen molar-refractivity contribution in [3.8, 4) is 0 Å². The molecule has 1 rings (SSSR count). The normalized spacial score (nSPS) is 10.8. The minimum atomic E-state index is 0.878. The Bertz CT molecular complexity index is 175. The highest BCUT2D eigenvalue weighted by molar-refractivity contribution is 4.83. The second-order valence-corrected chi connectivity index (χ2v) is 1.80. The van der Waals surface area contributed by atoms with Crippen LogP contribution in [0.2, 0.25) is 0 Å². The van der Waals surface area contributed by atoms with Crippen LogP contribution in [0.4, 0.5) is 0 Å². The van der Waals surface area contributed by atoms with Gasteiger partial charge in [0.1, 0.15) is 0 Å². The summed E-state index contributed by atoms with van der Waals surface area (Å²) in [7, 11) is 0. The summed E-state index contributed by atoms with van der Waals surface area (Å²) in [5.74, 6) is 0. The van der Waals surface area contributed by atoms with E-state index in [-0.39, 0.29) is 0 Å². The van der Waals surface area contributed by atoms with Gasteiger partial charge in [-0.05, 0) is 13.0 Å². The van der Waals surface area contributed by atoms with Crippen LogP contribution in [0.5, 0.6) is 0 Å². The zero-order chi connectivity index (χ0) is 6.53. The molecular weight excluding hydrogens is 112 g/mol. The van der Waals surface area contributed by atoms with E-state index < -0.39 is 0 Å². The van der Waals surface area contributed by atoms with Crippen molar-refractivity contribution in [2.75, 3.05) is 0 Å². The zero-order valence-corrected chi connectivity index (χ0v) is 5.49. The van der Waals surface area contributed by atoms with Crippen molar-refractivity contribution >= 4 is 0 Å². The molecule has 0 unspecified atom stereocenters. The van der Waals surface area contributed by atoms with Crippen LogP contribution in [-0.4, -0.2) is 9.78 Å². The van der Waals surface area contributed by atoms with Crippen molar-refractivity contribution in [3.63, 3.8) is 0 Å². The summed E-state index contributed by atoms with van der Waals surface area (Å²) in [6.07, 6.45) is 7.80. The molecule has 0 saturated heterocycles. The summed E-state index contributed by atoms with van der Waals surface area (Å²) in [5.41, 5.74) is 0. The number of nitrogens with zero attached hydrogens (tertiary/aromatic N) is 2. The lowest BCUT2D eigenvalue weighted by Crippen LogP contribution is -1.93. The third-order valence-corrected chi connectivity index (χ3v) is 1.09. The molecule has 1 aromatic heterocycles. The maximum absolute atomic E-state index is 4.02. The predicted molar refractivity (Wildman–Crippen MR) is 37.0 cm³/mol. The van der Waals surface area contributed by atoms with Gasteiger partial charge in [-0.2, -0.15) is 5.10 Å². The van der Waals surface area contributed by atoms with Gasteiger partial charge in [-0.1, -0.05) is 12.2 Å². The number of hydrogen-bond donors (Lipinski definition) is 0. The standard InChI is InChI=1S/C7H10N2/c1-2-3-6-9-7-4-5-8-9/h2-5,7H,6H2,1H3/b3-2+. The van der Waals surface area contributed by atoms with E-state index in [4.69, 9.17) is 0 Å². The van der Waals surface area contributed by atoms with Crippen LogP contribution in [-0.2, 0) is 6.54 Å². The van der Waals surface area contributed by atoms with Gasteiger partial charge in [0.05, 0.1) is 6.54 Å². The Morgan fingerprint density at radius 3 is 3.11 bits per heavy atom. The minimum Gasteiger partial charge on any atom is -0.269 e. The fraction of sp³-hybridized carbons (Fsp3) is 0.286. The third-order valence-electron chi connectivity index (χ3n) is 1.09. The highest BCUT2D eigenvalue weighted by Gasteiger charge is 1.80. The fourth-order valence-electron chi connectivity index (χ4n) is 0.622. The van der Waals surface area contributed by atoms with Crippen LogP contribution in [0, 0.1) is 0 Å². The van der Waals surface area contributed by atoms with Gasteiger partial charge >= 0.3 is 0 Å². The van der Waals surface area contributed by atoms with E-state index >= 15 is 0 Å². The molecule has 0 atom stereocenters. The van der Waals surface area contributed by atoms with Crippen LogP contribution >= 0.6 is 0 Å². The average molecular weight is 122 g/mol. The van der Waals surface area contributed by atoms with E-state index in [2.05, 4.69) is 11.2 Å². The van der Waals surface area contributed by atoms with E-state index in [0.29, 0.717) is 0 Å². The molecular formula is C7H10N2. The fourth-order valence-corrected chi connectivity index (χ4v) is 0.622. The summed E-state index contributed by atoms with van der Waals surface area (Å²) in [4.78, 5) is 0. The molecule has 0 fully saturated rings. The van der Waals surface area contributed by atoms with Gasteiger partial charge in [0.2, 0.25) is 0 Å². The van der Waals surface area contributed by atoms with E-state index in [0.717, 1.165) is 6.54 Å². The molecule has 0 radical (unpaired) electrons. The van der Waals surface area contributed by atoms with Gasteiger partial charge in [-0.3, -0.25) is 4.68 Å². The minimum absolute atomic E-state index is 0.878. The van der Waals surface area contributed by atoms with Gasteiger partial charge in [0.15, 0.2) is 0 Å². The number of aromatic nitrogens is 2. The molecule has 0 aliphatic heterocycles. The molecule has 0 aliphatic rings. The Hall–Kier alpha value is -1.05. The van der Waals surface area contributed by atoms with Crippen LogP contribution in [0.3, 0.4) is 0 Å². The van der Waals surface area contributed by atoms with Crippen molar-refractivity contribution < 1.29 is 0 Å². The van der Waals surface area contributed by atoms with Crippen molar-refractivity contribution in [2.45, 2.75) is 13.5 Å². The molecule has 2 nitrogen and oxygen atoms in total. The lowest BCUT2D eigenvalue weighted by molar-refractivity contribution is 0.701. The lowest BCUT2D eigenvalue weighted by Gasteiger charge is -1.90. The molecule has 0 spiro atoms. The van der Waals surface area contributed by atoms with Crippen LogP contribution in [0.1, 0.15) is 6.92 Å². The first-order valence-corrected chi connectivity index (χ1v) is 3.02. The molecule has 0 amide bonds. The summed E-state index contributed by atoms with van der Waals surface area (Å²) in [5, 5.41) is 4.02. The van der Waals surface area contributed by atoms with E-state index in [1.165, 1.54) is 0 Å². The van der Waals surface area contributed by atoms with Gasteiger partial charge in [-0.25, -0.2) is 0 Å². The molecule has 9 heavy (non-hydrogen) atoms. The molecule has 0 aromatic carbocycles. The quantitative estimate of drug-likeness (QED) is 0.543. The Morgan fingerprint density at radius 1 is 1.67 bits per heavy atom. The lowest BCUT2D eigenvalue weighted by atomic mass is 10.5. The molecule has 1 heterocycles. The second kappa shape index (κ2) is 3.07. The van der Waals surface area contributed by atoms with E-state index in [1.807, 2.05) is 29.9 Å². The van der Waals surface area contributed by atoms with Crippen molar-refractivity contribution in [2.24, 2.45) is 0 Å². The monoisotopic (exact) mass is 122 g/mol. The van der Waals surface area contributed by atoms with Crippen molar-refractivity contribution in [3.05, 3.63) is 30.6 Å². The molecule has 48 valence electrons. The molecule has 0 saturated carbocycles. The van der Waals surface area contributed by atoms with Gasteiger partial charge < -0.3 is 0 Å². The smallest absolute Gasteiger partial charge is 0.0589 e. The predicted octanol–water partition coefficient (Wildman–Crippen LogP) is 1.46. The molecule has 1 aromatic rings. The van der Waals surface area contributed by atoms with Gasteiger partial charge in [0.25, 0.3) is 0 Å². The Morgan fingerprint density at radius 2 is 2.56 bits per heavy atom. The summed E-state index contributed by atoms with van der Waals surface area (Å²) < 4.78 is 1.88. The van der Waals surface area contributed by atoms with Crippen LogP contribution in [0.25, 0.3) is 0 Å². The zero-order valence-electron chi connectivity index (χ0n) is 5.49. The Kier molecular flexibility index (Phi) is 2.07. The van der Waals surface area contributed by atoms with Crippen LogP contribution in [0.15, 0.2) is 30.6 Å². The third kappa shape index (κ3) is 1.72. The highest BCUT2D eigenvalue weighted by Crippen LogP contribution is 1.84. The number of allylic oxidation sites excluding steroid dienone is 2. The second-order valence-electron chi connectivity index (χ2n) is 1.80. The van der Waals surface area contributed by atoms with Crippen LogP contribution < -0.4 is 0 Å². The van der Waals surface area contributed by atoms with Crippen molar-refractivity contribution in [1.82, 2.24) is 9.78 Å². The van der Waals surface area contributed by atoms with E-state index in [1.54, 1.807) is 6.20 Å². The van der Waals surface area contributed by atoms with E-state index in [9.17, 15) is 0 Å². The Labute approximate surface area is 54.8 Å². The largest absolute Gasteiger partial charge is 0.269 e. The molecule has 0 aliphatic carbocycles. The average Bonchev–Trinajstić information content (AvgIpc) is 2.34. The topological polar surface area (TPSA) is 17.8 Å².